The first-order valence-corrected chi connectivity index (χ1v) is 7.46. The van der Waals surface area contributed by atoms with Crippen molar-refractivity contribution in [2.45, 2.75) is 44.4 Å². The molecule has 0 heterocycles. The van der Waals surface area contributed by atoms with Gasteiger partial charge in [0.1, 0.15) is 6.29 Å². The Hall–Kier alpha value is -0.760. The summed E-state index contributed by atoms with van der Waals surface area (Å²) in [7, 11) is 0. The Kier molecular flexibility index (Phi) is 7.02. The van der Waals surface area contributed by atoms with Gasteiger partial charge >= 0.3 is 0 Å². The molecule has 2 heteroatoms. The topological polar surface area (TPSA) is 17.1 Å². The van der Waals surface area contributed by atoms with Crippen molar-refractivity contribution in [1.29, 1.82) is 0 Å². The maximum Gasteiger partial charge on any atom is 0.150 e. The lowest BCUT2D eigenvalue weighted by Gasteiger charge is -2.14. The standard InChI is InChI=1S/C15H22OS/c1-3-6-13(7-4-2)12-17-15-9-5-8-14(10-15)11-16/h5,8-11,13H,3-4,6-7,12H2,1-2H3. The average molecular weight is 250 g/mol. The van der Waals surface area contributed by atoms with Crippen molar-refractivity contribution in [3.8, 4) is 0 Å². The number of benzene rings is 1. The molecule has 0 amide bonds. The van der Waals surface area contributed by atoms with Crippen LogP contribution in [0.1, 0.15) is 49.9 Å². The molecule has 0 aliphatic rings. The Morgan fingerprint density at radius 2 is 1.94 bits per heavy atom. The van der Waals surface area contributed by atoms with E-state index in [0.717, 1.165) is 17.8 Å². The molecule has 17 heavy (non-hydrogen) atoms. The third-order valence-electron chi connectivity index (χ3n) is 2.87. The summed E-state index contributed by atoms with van der Waals surface area (Å²) in [6, 6.07) is 7.88. The minimum Gasteiger partial charge on any atom is -0.298 e. The van der Waals surface area contributed by atoms with Gasteiger partial charge in [-0.25, -0.2) is 0 Å². The molecule has 0 radical (unpaired) electrons. The van der Waals surface area contributed by atoms with E-state index in [1.54, 1.807) is 0 Å². The van der Waals surface area contributed by atoms with Crippen LogP contribution in [-0.4, -0.2) is 12.0 Å². The molecule has 0 fully saturated rings. The van der Waals surface area contributed by atoms with E-state index in [1.165, 1.54) is 36.3 Å². The van der Waals surface area contributed by atoms with Crippen molar-refractivity contribution < 1.29 is 4.79 Å². The van der Waals surface area contributed by atoms with Gasteiger partial charge in [-0.1, -0.05) is 38.8 Å². The van der Waals surface area contributed by atoms with Gasteiger partial charge in [-0.2, -0.15) is 0 Å². The van der Waals surface area contributed by atoms with Crippen molar-refractivity contribution in [2.75, 3.05) is 5.75 Å². The van der Waals surface area contributed by atoms with Gasteiger partial charge in [0.25, 0.3) is 0 Å². The summed E-state index contributed by atoms with van der Waals surface area (Å²) in [6.45, 7) is 4.50. The molecule has 0 spiro atoms. The lowest BCUT2D eigenvalue weighted by atomic mass is 10.0. The number of hydrogen-bond donors (Lipinski definition) is 0. The van der Waals surface area contributed by atoms with Gasteiger partial charge in [0.15, 0.2) is 0 Å². The van der Waals surface area contributed by atoms with E-state index in [4.69, 9.17) is 0 Å². The normalized spacial score (nSPS) is 10.8. The molecule has 1 aromatic carbocycles. The molecule has 94 valence electrons. The highest BCUT2D eigenvalue weighted by molar-refractivity contribution is 7.99. The quantitative estimate of drug-likeness (QED) is 0.486. The zero-order chi connectivity index (χ0) is 12.5. The Balaban J connectivity index is 2.49. The highest BCUT2D eigenvalue weighted by Gasteiger charge is 2.07. The molecule has 1 nitrogen and oxygen atoms in total. The van der Waals surface area contributed by atoms with E-state index in [-0.39, 0.29) is 0 Å². The lowest BCUT2D eigenvalue weighted by molar-refractivity contribution is 0.112. The summed E-state index contributed by atoms with van der Waals surface area (Å²) in [5, 5.41) is 0. The first kappa shape index (κ1) is 14.3. The predicted molar refractivity (Wildman–Crippen MR) is 75.9 cm³/mol. The van der Waals surface area contributed by atoms with Crippen LogP contribution >= 0.6 is 11.8 Å². The molecule has 0 aliphatic heterocycles. The summed E-state index contributed by atoms with van der Waals surface area (Å²) < 4.78 is 0. The van der Waals surface area contributed by atoms with Crippen LogP contribution in [-0.2, 0) is 0 Å². The highest BCUT2D eigenvalue weighted by atomic mass is 32.2. The fraction of sp³-hybridized carbons (Fsp3) is 0.533. The van der Waals surface area contributed by atoms with Gasteiger partial charge in [-0.15, -0.1) is 11.8 Å². The zero-order valence-corrected chi connectivity index (χ0v) is 11.6. The van der Waals surface area contributed by atoms with Crippen LogP contribution in [0.5, 0.6) is 0 Å². The SMILES string of the molecule is CCCC(CCC)CSc1cccc(C=O)c1. The Morgan fingerprint density at radius 1 is 1.24 bits per heavy atom. The van der Waals surface area contributed by atoms with Gasteiger partial charge in [0.05, 0.1) is 0 Å². The Labute approximate surface area is 109 Å². The second-order valence-electron chi connectivity index (χ2n) is 4.44. The third kappa shape index (κ3) is 5.40. The van der Waals surface area contributed by atoms with E-state index >= 15 is 0 Å². The zero-order valence-electron chi connectivity index (χ0n) is 10.8. The van der Waals surface area contributed by atoms with Crippen molar-refractivity contribution in [1.82, 2.24) is 0 Å². The lowest BCUT2D eigenvalue weighted by Crippen LogP contribution is -2.02. The molecule has 0 aliphatic carbocycles. The number of rotatable bonds is 8. The van der Waals surface area contributed by atoms with Crippen molar-refractivity contribution >= 4 is 18.0 Å². The molecule has 0 bridgehead atoms. The number of hydrogen-bond acceptors (Lipinski definition) is 2. The van der Waals surface area contributed by atoms with E-state index < -0.39 is 0 Å². The maximum atomic E-state index is 10.7. The van der Waals surface area contributed by atoms with Crippen LogP contribution < -0.4 is 0 Å². The number of aldehydes is 1. The molecular weight excluding hydrogens is 228 g/mol. The Morgan fingerprint density at radius 3 is 2.53 bits per heavy atom. The van der Waals surface area contributed by atoms with Gasteiger partial charge in [0, 0.05) is 16.2 Å². The minimum absolute atomic E-state index is 0.775. The van der Waals surface area contributed by atoms with Crippen LogP contribution in [0.3, 0.4) is 0 Å². The molecule has 0 atom stereocenters. The van der Waals surface area contributed by atoms with Crippen LogP contribution in [0.15, 0.2) is 29.2 Å². The molecule has 1 rings (SSSR count). The smallest absolute Gasteiger partial charge is 0.150 e. The molecule has 0 saturated carbocycles. The maximum absolute atomic E-state index is 10.7. The molecule has 0 aromatic heterocycles. The van der Waals surface area contributed by atoms with Crippen LogP contribution in [0.2, 0.25) is 0 Å². The molecular formula is C15H22OS. The minimum atomic E-state index is 0.775. The monoisotopic (exact) mass is 250 g/mol. The summed E-state index contributed by atoms with van der Waals surface area (Å²) >= 11 is 1.88. The van der Waals surface area contributed by atoms with Gasteiger partial charge in [0.2, 0.25) is 0 Å². The van der Waals surface area contributed by atoms with Crippen molar-refractivity contribution in [3.63, 3.8) is 0 Å². The second kappa shape index (κ2) is 8.35. The van der Waals surface area contributed by atoms with Crippen LogP contribution in [0, 0.1) is 5.92 Å². The van der Waals surface area contributed by atoms with E-state index in [9.17, 15) is 4.79 Å². The van der Waals surface area contributed by atoms with Crippen LogP contribution in [0.4, 0.5) is 0 Å². The van der Waals surface area contributed by atoms with Crippen LogP contribution in [0.25, 0.3) is 0 Å². The fourth-order valence-corrected chi connectivity index (χ4v) is 3.17. The molecule has 0 unspecified atom stereocenters. The highest BCUT2D eigenvalue weighted by Crippen LogP contribution is 2.25. The predicted octanol–water partition coefficient (Wildman–Crippen LogP) is 4.81. The summed E-state index contributed by atoms with van der Waals surface area (Å²) in [5.41, 5.74) is 0.775. The van der Waals surface area contributed by atoms with Crippen molar-refractivity contribution in [2.24, 2.45) is 5.92 Å². The molecule has 1 aromatic rings. The molecule has 0 saturated heterocycles. The van der Waals surface area contributed by atoms with Crippen molar-refractivity contribution in [3.05, 3.63) is 29.8 Å². The largest absolute Gasteiger partial charge is 0.298 e. The average Bonchev–Trinajstić information content (AvgIpc) is 2.37. The van der Waals surface area contributed by atoms with Gasteiger partial charge < -0.3 is 0 Å². The first-order valence-electron chi connectivity index (χ1n) is 6.48. The van der Waals surface area contributed by atoms with E-state index in [0.29, 0.717) is 0 Å². The van der Waals surface area contributed by atoms with E-state index in [1.807, 2.05) is 30.0 Å². The van der Waals surface area contributed by atoms with E-state index in [2.05, 4.69) is 19.9 Å². The summed E-state index contributed by atoms with van der Waals surface area (Å²) in [5.74, 6) is 1.99. The first-order chi connectivity index (χ1) is 8.30. The Bertz CT molecular complexity index is 329. The van der Waals surface area contributed by atoms with Gasteiger partial charge in [-0.05, 0) is 30.9 Å². The fourth-order valence-electron chi connectivity index (χ4n) is 2.02. The number of carbonyl (C=O) groups excluding carboxylic acids is 1. The summed E-state index contributed by atoms with van der Waals surface area (Å²) in [4.78, 5) is 11.9. The molecule has 0 N–H and O–H groups in total. The summed E-state index contributed by atoms with van der Waals surface area (Å²) in [6.07, 6.45) is 6.07. The van der Waals surface area contributed by atoms with Gasteiger partial charge in [-0.3, -0.25) is 4.79 Å². The number of carbonyl (C=O) groups is 1. The third-order valence-corrected chi connectivity index (χ3v) is 4.10. The number of thioether (sulfide) groups is 1. The second-order valence-corrected chi connectivity index (χ2v) is 5.54.